The fourth-order valence-corrected chi connectivity index (χ4v) is 8.63. The van der Waals surface area contributed by atoms with Crippen molar-refractivity contribution < 1.29 is 14.0 Å². The van der Waals surface area contributed by atoms with Gasteiger partial charge in [0.05, 0.1) is 36.5 Å². The van der Waals surface area contributed by atoms with Crippen molar-refractivity contribution in [2.24, 2.45) is 5.92 Å². The van der Waals surface area contributed by atoms with Gasteiger partial charge >= 0.3 is 6.09 Å². The third-order valence-electron chi connectivity index (χ3n) is 8.12. The van der Waals surface area contributed by atoms with Gasteiger partial charge in [0.15, 0.2) is 6.10 Å². The third kappa shape index (κ3) is 6.07. The number of quaternary nitrogens is 1. The number of carbonyl (C=O) groups excluding carboxylic acids is 1. The average molecular weight is 589 g/mol. The quantitative estimate of drug-likeness (QED) is 0.241. The molecule has 2 bridgehead atoms. The van der Waals surface area contributed by atoms with Crippen molar-refractivity contribution in [1.82, 2.24) is 4.90 Å². The molecule has 3 aliphatic rings. The molecule has 6 rings (SSSR count). The minimum atomic E-state index is -0.159. The summed E-state index contributed by atoms with van der Waals surface area (Å²) in [5, 5.41) is 2.11. The lowest BCUT2D eigenvalue weighted by atomic mass is 9.83. The molecule has 3 aliphatic heterocycles. The number of hydrogen-bond acceptors (Lipinski definition) is 4. The molecule has 4 nitrogen and oxygen atoms in total. The van der Waals surface area contributed by atoms with Crippen LogP contribution >= 0.6 is 38.6 Å². The predicted molar refractivity (Wildman–Crippen MR) is 153 cm³/mol. The molecule has 1 aromatic carbocycles. The highest BCUT2D eigenvalue weighted by Crippen LogP contribution is 2.37. The van der Waals surface area contributed by atoms with E-state index in [0.29, 0.717) is 19.0 Å². The van der Waals surface area contributed by atoms with E-state index in [1.54, 1.807) is 22.7 Å². The number of nitrogens with zero attached hydrogens (tertiary/aromatic N) is 2. The smallest absolute Gasteiger partial charge is 0.410 e. The minimum Gasteiger partial charge on any atom is -0.440 e. The van der Waals surface area contributed by atoms with Crippen LogP contribution in [-0.2, 0) is 24.2 Å². The first-order valence-electron chi connectivity index (χ1n) is 13.0. The molecule has 0 aliphatic carbocycles. The molecule has 2 aromatic heterocycles. The Morgan fingerprint density at radius 2 is 1.83 bits per heavy atom. The number of aryl methyl sites for hydroxylation is 3. The number of piperidine rings is 3. The molecule has 5 heterocycles. The molecule has 7 heteroatoms. The lowest BCUT2D eigenvalue weighted by molar-refractivity contribution is -0.946. The van der Waals surface area contributed by atoms with Gasteiger partial charge in [-0.1, -0.05) is 30.3 Å². The number of thiophene rings is 2. The van der Waals surface area contributed by atoms with Crippen LogP contribution in [0.25, 0.3) is 0 Å². The van der Waals surface area contributed by atoms with E-state index in [-0.39, 0.29) is 12.2 Å². The summed E-state index contributed by atoms with van der Waals surface area (Å²) >= 11 is 7.04. The summed E-state index contributed by atoms with van der Waals surface area (Å²) in [6.07, 6.45) is 4.52. The maximum absolute atomic E-state index is 13.6. The first kappa shape index (κ1) is 26.0. The Morgan fingerprint density at radius 3 is 2.50 bits per heavy atom. The van der Waals surface area contributed by atoms with Gasteiger partial charge in [-0.15, -0.1) is 22.7 Å². The topological polar surface area (TPSA) is 29.5 Å². The number of amides is 1. The molecule has 3 saturated heterocycles. The zero-order valence-corrected chi connectivity index (χ0v) is 24.5. The van der Waals surface area contributed by atoms with E-state index in [9.17, 15) is 4.79 Å². The zero-order valence-electron chi connectivity index (χ0n) is 21.2. The highest BCUT2D eigenvalue weighted by atomic mass is 79.9. The number of rotatable bonds is 9. The van der Waals surface area contributed by atoms with Gasteiger partial charge in [-0.3, -0.25) is 4.90 Å². The van der Waals surface area contributed by atoms with Crippen LogP contribution in [0.5, 0.6) is 0 Å². The van der Waals surface area contributed by atoms with E-state index in [4.69, 9.17) is 4.74 Å². The maximum Gasteiger partial charge on any atom is 0.410 e. The Hall–Kier alpha value is -1.67. The predicted octanol–water partition coefficient (Wildman–Crippen LogP) is 7.57. The van der Waals surface area contributed by atoms with Crippen molar-refractivity contribution in [2.45, 2.75) is 58.7 Å². The van der Waals surface area contributed by atoms with Crippen molar-refractivity contribution in [3.05, 3.63) is 78.1 Å². The van der Waals surface area contributed by atoms with Gasteiger partial charge in [0.25, 0.3) is 0 Å². The molecule has 1 atom stereocenters. The lowest BCUT2D eigenvalue weighted by Crippen LogP contribution is -2.65. The fraction of sp³-hybridized carbons (Fsp3) is 0.483. The Bertz CT molecular complexity index is 1170. The Morgan fingerprint density at radius 1 is 1.08 bits per heavy atom. The van der Waals surface area contributed by atoms with E-state index < -0.39 is 0 Å². The van der Waals surface area contributed by atoms with E-state index in [1.807, 2.05) is 4.90 Å². The van der Waals surface area contributed by atoms with Crippen molar-refractivity contribution in [2.75, 3.05) is 26.2 Å². The first-order valence-corrected chi connectivity index (χ1v) is 15.5. The summed E-state index contributed by atoms with van der Waals surface area (Å²) in [6, 6.07) is 15.1. The molecule has 192 valence electrons. The van der Waals surface area contributed by atoms with Crippen LogP contribution in [0.15, 0.2) is 51.6 Å². The number of carbonyl (C=O) groups is 1. The summed E-state index contributed by atoms with van der Waals surface area (Å²) in [7, 11) is 0. The fourth-order valence-electron chi connectivity index (χ4n) is 5.87. The maximum atomic E-state index is 13.6. The van der Waals surface area contributed by atoms with Gasteiger partial charge in [0.2, 0.25) is 0 Å². The van der Waals surface area contributed by atoms with Crippen LogP contribution in [0.4, 0.5) is 4.79 Å². The van der Waals surface area contributed by atoms with Crippen LogP contribution < -0.4 is 0 Å². The average Bonchev–Trinajstić information content (AvgIpc) is 3.43. The molecule has 1 amide bonds. The number of halogens is 1. The van der Waals surface area contributed by atoms with Crippen molar-refractivity contribution >= 4 is 44.7 Å². The molecule has 0 N–H and O–H groups in total. The van der Waals surface area contributed by atoms with Gasteiger partial charge in [0.1, 0.15) is 6.54 Å². The summed E-state index contributed by atoms with van der Waals surface area (Å²) in [6.45, 7) is 10.0. The van der Waals surface area contributed by atoms with Crippen LogP contribution in [0.1, 0.15) is 45.7 Å². The van der Waals surface area contributed by atoms with Crippen molar-refractivity contribution in [3.63, 3.8) is 0 Å². The highest BCUT2D eigenvalue weighted by Gasteiger charge is 2.47. The Balaban J connectivity index is 1.25. The number of benzene rings is 1. The van der Waals surface area contributed by atoms with E-state index in [2.05, 4.69) is 77.6 Å². The standard InChI is InChI=1S/C29H36BrN2O2S2/c1-21-12-16-35-26(21)18-31(19-27-22(2)17-28(30)36-27)29(33)34-25-20-32(14-10-24(25)11-15-32)13-6-9-23-7-4-3-5-8-23/h3-5,7-8,12,16-17,24-25H,6,9-11,13-15,18-20H2,1-2H3/q+1/t24?,25-,32?/m0/s1. The van der Waals surface area contributed by atoms with Crippen molar-refractivity contribution in [3.8, 4) is 0 Å². The summed E-state index contributed by atoms with van der Waals surface area (Å²) in [4.78, 5) is 18.0. The van der Waals surface area contributed by atoms with Gasteiger partial charge in [0, 0.05) is 34.9 Å². The third-order valence-corrected chi connectivity index (χ3v) is 10.9. The van der Waals surface area contributed by atoms with Crippen LogP contribution in [0.2, 0.25) is 0 Å². The number of hydrogen-bond donors (Lipinski definition) is 0. The molecule has 36 heavy (non-hydrogen) atoms. The SMILES string of the molecule is Cc1ccsc1CN(Cc1sc(Br)cc1C)C(=O)O[C@H]1C[N+]2(CCCc3ccccc3)CCC1CC2. The normalized spacial score (nSPS) is 23.1. The molecule has 3 aromatic rings. The van der Waals surface area contributed by atoms with Gasteiger partial charge in [-0.25, -0.2) is 4.79 Å². The highest BCUT2D eigenvalue weighted by molar-refractivity contribution is 9.11. The largest absolute Gasteiger partial charge is 0.440 e. The Labute approximate surface area is 231 Å². The number of fused-ring (bicyclic) bond motifs is 3. The molecule has 0 radical (unpaired) electrons. The molecule has 0 saturated carbocycles. The van der Waals surface area contributed by atoms with Crippen LogP contribution in [0.3, 0.4) is 0 Å². The Kier molecular flexibility index (Phi) is 8.21. The van der Waals surface area contributed by atoms with E-state index in [0.717, 1.165) is 21.2 Å². The molecular weight excluding hydrogens is 552 g/mol. The van der Waals surface area contributed by atoms with Crippen LogP contribution in [-0.4, -0.2) is 47.8 Å². The summed E-state index contributed by atoms with van der Waals surface area (Å²) < 4.78 is 8.57. The van der Waals surface area contributed by atoms with Crippen LogP contribution in [0, 0.1) is 19.8 Å². The van der Waals surface area contributed by atoms with Gasteiger partial charge < -0.3 is 9.22 Å². The molecule has 0 spiro atoms. The first-order chi connectivity index (χ1) is 17.4. The molecular formula is C29H36BrN2O2S2+. The number of ether oxygens (including phenoxy) is 1. The second-order valence-corrected chi connectivity index (χ2v) is 14.1. The monoisotopic (exact) mass is 587 g/mol. The molecule has 3 fully saturated rings. The lowest BCUT2D eigenvalue weighted by Gasteiger charge is -2.52. The zero-order chi connectivity index (χ0) is 25.1. The van der Waals surface area contributed by atoms with Gasteiger partial charge in [-0.05, 0) is 70.4 Å². The van der Waals surface area contributed by atoms with E-state index in [1.165, 1.54) is 65.3 Å². The van der Waals surface area contributed by atoms with Crippen molar-refractivity contribution in [1.29, 1.82) is 0 Å². The molecule has 0 unspecified atom stereocenters. The minimum absolute atomic E-state index is 0.0276. The second kappa shape index (κ2) is 11.4. The summed E-state index contributed by atoms with van der Waals surface area (Å²) in [5.74, 6) is 0.506. The second-order valence-electron chi connectivity index (χ2n) is 10.6. The summed E-state index contributed by atoms with van der Waals surface area (Å²) in [5.41, 5.74) is 3.88. The van der Waals surface area contributed by atoms with Gasteiger partial charge in [-0.2, -0.15) is 0 Å². The van der Waals surface area contributed by atoms with E-state index >= 15 is 0 Å².